The third kappa shape index (κ3) is 4.14. The second-order valence-corrected chi connectivity index (χ2v) is 4.10. The van der Waals surface area contributed by atoms with Gasteiger partial charge < -0.3 is 22.2 Å². The molecule has 0 aliphatic heterocycles. The van der Waals surface area contributed by atoms with Crippen molar-refractivity contribution in [2.45, 2.75) is 40.8 Å². The Kier molecular flexibility index (Phi) is 8.57. The number of quaternary nitrogens is 1. The highest BCUT2D eigenvalue weighted by Gasteiger charge is 2.29. The molecule has 0 aliphatic rings. The van der Waals surface area contributed by atoms with Gasteiger partial charge in [0.1, 0.15) is 0 Å². The Labute approximate surface area is 106 Å². The molecule has 96 valence electrons. The van der Waals surface area contributed by atoms with E-state index in [4.69, 9.17) is 0 Å². The Bertz CT molecular complexity index is 229. The van der Waals surface area contributed by atoms with Crippen LogP contribution in [0.5, 0.6) is 0 Å². The molecule has 0 aliphatic carbocycles. The zero-order valence-electron chi connectivity index (χ0n) is 11.1. The normalized spacial score (nSPS) is 12.6. The highest BCUT2D eigenvalue weighted by atomic mass is 35.5. The Hall–Kier alpha value is -0.540. The van der Waals surface area contributed by atoms with E-state index in [1.807, 2.05) is 0 Å². The minimum absolute atomic E-state index is 0. The molecule has 1 N–H and O–H groups in total. The van der Waals surface area contributed by atoms with Gasteiger partial charge in [-0.05, 0) is 27.7 Å². The summed E-state index contributed by atoms with van der Waals surface area (Å²) in [5.41, 5.74) is 0.572. The predicted octanol–water partition coefficient (Wildman–Crippen LogP) is -1.09. The van der Waals surface area contributed by atoms with Crippen LogP contribution >= 0.6 is 0 Å². The number of nitrogens with one attached hydrogen (secondary N) is 1. The highest BCUT2D eigenvalue weighted by molar-refractivity contribution is 5.92. The number of carbonyl (C=O) groups is 1. The van der Waals surface area contributed by atoms with Crippen LogP contribution in [0.1, 0.15) is 34.6 Å². The van der Waals surface area contributed by atoms with Crippen LogP contribution < -0.4 is 17.7 Å². The van der Waals surface area contributed by atoms with Crippen molar-refractivity contribution in [3.05, 3.63) is 12.2 Å². The summed E-state index contributed by atoms with van der Waals surface area (Å²) in [6.45, 7) is 17.0. The first kappa shape index (κ1) is 17.8. The van der Waals surface area contributed by atoms with Crippen molar-refractivity contribution in [2.24, 2.45) is 0 Å². The topological polar surface area (TPSA) is 29.1 Å². The molecule has 0 aromatic rings. The number of hydrogen-bond donors (Lipinski definition) is 1. The van der Waals surface area contributed by atoms with E-state index in [0.29, 0.717) is 5.57 Å². The predicted molar refractivity (Wildman–Crippen MR) is 64.3 cm³/mol. The standard InChI is InChI=1S/C12H24N2O.ClH/c1-7-14(8-2,9-3)11(6)13-12(15)10(4)5;/h11H,4,7-9H2,1-3,5-6H3;1H. The molecule has 0 aromatic heterocycles. The van der Waals surface area contributed by atoms with Gasteiger partial charge in [-0.25, -0.2) is 0 Å². The van der Waals surface area contributed by atoms with Crippen LogP contribution in [0, 0.1) is 0 Å². The fraction of sp³-hybridized carbons (Fsp3) is 0.750. The third-order valence-electron chi connectivity index (χ3n) is 3.44. The number of hydrogen-bond acceptors (Lipinski definition) is 1. The van der Waals surface area contributed by atoms with E-state index in [0.717, 1.165) is 24.1 Å². The largest absolute Gasteiger partial charge is 1.00 e. The van der Waals surface area contributed by atoms with Gasteiger partial charge in [-0.3, -0.25) is 4.79 Å². The molecule has 0 saturated heterocycles. The van der Waals surface area contributed by atoms with Gasteiger partial charge in [0.15, 0.2) is 6.17 Å². The molecule has 0 fully saturated rings. The van der Waals surface area contributed by atoms with Gasteiger partial charge in [-0.1, -0.05) is 6.58 Å². The van der Waals surface area contributed by atoms with Crippen molar-refractivity contribution in [3.8, 4) is 0 Å². The SMILES string of the molecule is C=C(C)C(=O)NC(C)[N+](CC)(CC)CC.[Cl-]. The maximum atomic E-state index is 11.5. The summed E-state index contributed by atoms with van der Waals surface area (Å²) in [6, 6.07) is 0. The van der Waals surface area contributed by atoms with E-state index in [9.17, 15) is 4.79 Å². The van der Waals surface area contributed by atoms with Crippen LogP contribution in [0.3, 0.4) is 0 Å². The smallest absolute Gasteiger partial charge is 0.250 e. The summed E-state index contributed by atoms with van der Waals surface area (Å²) in [5.74, 6) is -0.0413. The fourth-order valence-corrected chi connectivity index (χ4v) is 1.94. The van der Waals surface area contributed by atoms with Crippen molar-refractivity contribution in [2.75, 3.05) is 19.6 Å². The second-order valence-electron chi connectivity index (χ2n) is 4.10. The molecule has 0 rings (SSSR count). The van der Waals surface area contributed by atoms with Crippen molar-refractivity contribution >= 4 is 5.91 Å². The summed E-state index contributed by atoms with van der Waals surface area (Å²) in [4.78, 5) is 11.5. The van der Waals surface area contributed by atoms with Crippen LogP contribution in [0.25, 0.3) is 0 Å². The Balaban J connectivity index is 0. The van der Waals surface area contributed by atoms with E-state index in [1.54, 1.807) is 6.92 Å². The van der Waals surface area contributed by atoms with E-state index in [2.05, 4.69) is 39.6 Å². The Morgan fingerprint density at radius 3 is 1.88 bits per heavy atom. The van der Waals surface area contributed by atoms with Crippen LogP contribution in [0.4, 0.5) is 0 Å². The summed E-state index contributed by atoms with van der Waals surface area (Å²) in [7, 11) is 0. The first-order chi connectivity index (χ1) is 6.93. The monoisotopic (exact) mass is 248 g/mol. The van der Waals surface area contributed by atoms with E-state index >= 15 is 0 Å². The van der Waals surface area contributed by atoms with Gasteiger partial charge in [-0.2, -0.15) is 0 Å². The van der Waals surface area contributed by atoms with Crippen molar-refractivity contribution in [1.29, 1.82) is 0 Å². The molecule has 0 saturated carbocycles. The first-order valence-electron chi connectivity index (χ1n) is 5.75. The summed E-state index contributed by atoms with van der Waals surface area (Å²) < 4.78 is 0.916. The van der Waals surface area contributed by atoms with Crippen LogP contribution in [-0.4, -0.2) is 36.2 Å². The number of amides is 1. The van der Waals surface area contributed by atoms with Crippen molar-refractivity contribution < 1.29 is 21.7 Å². The second kappa shape index (κ2) is 7.69. The van der Waals surface area contributed by atoms with Crippen LogP contribution in [-0.2, 0) is 4.79 Å². The number of carbonyl (C=O) groups excluding carboxylic acids is 1. The van der Waals surface area contributed by atoms with Gasteiger partial charge in [0.2, 0.25) is 0 Å². The molecule has 0 aromatic carbocycles. The molecule has 1 atom stereocenters. The van der Waals surface area contributed by atoms with Gasteiger partial charge in [-0.15, -0.1) is 0 Å². The lowest BCUT2D eigenvalue weighted by molar-refractivity contribution is -0.946. The zero-order valence-corrected chi connectivity index (χ0v) is 11.9. The molecule has 0 spiro atoms. The van der Waals surface area contributed by atoms with Gasteiger partial charge in [0.25, 0.3) is 5.91 Å². The number of halogens is 1. The lowest BCUT2D eigenvalue weighted by Gasteiger charge is -2.41. The van der Waals surface area contributed by atoms with Gasteiger partial charge in [0.05, 0.1) is 19.6 Å². The molecule has 3 nitrogen and oxygen atoms in total. The molecule has 0 bridgehead atoms. The van der Waals surface area contributed by atoms with Crippen LogP contribution in [0.2, 0.25) is 0 Å². The van der Waals surface area contributed by atoms with Crippen LogP contribution in [0.15, 0.2) is 12.2 Å². The molecule has 1 unspecified atom stereocenters. The summed E-state index contributed by atoms with van der Waals surface area (Å²) in [6.07, 6.45) is 0.147. The minimum atomic E-state index is -0.0413. The zero-order chi connectivity index (χ0) is 12.1. The minimum Gasteiger partial charge on any atom is -1.00 e. The maximum Gasteiger partial charge on any atom is 0.250 e. The molecule has 1 amide bonds. The van der Waals surface area contributed by atoms with E-state index < -0.39 is 0 Å². The quantitative estimate of drug-likeness (QED) is 0.361. The molecule has 4 heteroatoms. The molecule has 16 heavy (non-hydrogen) atoms. The lowest BCUT2D eigenvalue weighted by atomic mass is 10.2. The number of nitrogens with zero attached hydrogens (tertiary/aromatic N) is 1. The summed E-state index contributed by atoms with van der Waals surface area (Å²) in [5, 5.41) is 3.01. The third-order valence-corrected chi connectivity index (χ3v) is 3.44. The van der Waals surface area contributed by atoms with Gasteiger partial charge in [0, 0.05) is 12.5 Å². The van der Waals surface area contributed by atoms with Crippen molar-refractivity contribution in [3.63, 3.8) is 0 Å². The Morgan fingerprint density at radius 1 is 1.25 bits per heavy atom. The van der Waals surface area contributed by atoms with Gasteiger partial charge >= 0.3 is 0 Å². The summed E-state index contributed by atoms with van der Waals surface area (Å²) >= 11 is 0. The molecule has 0 radical (unpaired) electrons. The van der Waals surface area contributed by atoms with E-state index in [-0.39, 0.29) is 24.5 Å². The first-order valence-corrected chi connectivity index (χ1v) is 5.75. The van der Waals surface area contributed by atoms with E-state index in [1.165, 1.54) is 0 Å². The molecular weight excluding hydrogens is 224 g/mol. The highest BCUT2D eigenvalue weighted by Crippen LogP contribution is 2.11. The Morgan fingerprint density at radius 2 is 1.62 bits per heavy atom. The fourth-order valence-electron chi connectivity index (χ4n) is 1.94. The average molecular weight is 249 g/mol. The maximum absolute atomic E-state index is 11.5. The molecule has 0 heterocycles. The lowest BCUT2D eigenvalue weighted by Crippen LogP contribution is -3.00. The van der Waals surface area contributed by atoms with Crippen molar-refractivity contribution in [1.82, 2.24) is 5.32 Å². The number of rotatable bonds is 6. The average Bonchev–Trinajstić information content (AvgIpc) is 2.21. The molecular formula is C12H25ClN2O.